The van der Waals surface area contributed by atoms with E-state index >= 15 is 0 Å². The molecule has 20 heavy (non-hydrogen) atoms. The molecule has 0 N–H and O–H groups in total. The molecule has 0 aliphatic rings. The molecule has 2 aromatic carbocycles. The average Bonchev–Trinajstić information content (AvgIpc) is 2.41. The Kier molecular flexibility index (Phi) is 4.20. The van der Waals surface area contributed by atoms with Crippen LogP contribution < -0.4 is 0 Å². The maximum absolute atomic E-state index is 13.0. The summed E-state index contributed by atoms with van der Waals surface area (Å²) in [7, 11) is -3.77. The predicted octanol–water partition coefficient (Wildman–Crippen LogP) is 3.60. The van der Waals surface area contributed by atoms with Crippen molar-refractivity contribution in [3.63, 3.8) is 0 Å². The van der Waals surface area contributed by atoms with Crippen LogP contribution in [0.15, 0.2) is 51.8 Å². The Bertz CT molecular complexity index is 755. The lowest BCUT2D eigenvalue weighted by atomic mass is 10.2. The maximum atomic E-state index is 13.0. The summed E-state index contributed by atoms with van der Waals surface area (Å²) in [6, 6.07) is 10.2. The molecule has 104 valence electrons. The Morgan fingerprint density at radius 3 is 2.40 bits per heavy atom. The molecular weight excluding hydrogens is 301 g/mol. The van der Waals surface area contributed by atoms with Crippen molar-refractivity contribution in [3.05, 3.63) is 64.4 Å². The lowest BCUT2D eigenvalue weighted by molar-refractivity contribution is 0.598. The number of halogens is 2. The molecule has 0 saturated heterocycles. The van der Waals surface area contributed by atoms with Crippen LogP contribution in [0.5, 0.6) is 0 Å². The highest BCUT2D eigenvalue weighted by molar-refractivity contribution is 7.90. The lowest BCUT2D eigenvalue weighted by Crippen LogP contribution is -1.98. The first-order valence-corrected chi connectivity index (χ1v) is 7.52. The summed E-state index contributed by atoms with van der Waals surface area (Å²) < 4.78 is 40.5. The van der Waals surface area contributed by atoms with Crippen LogP contribution in [-0.2, 0) is 10.0 Å². The first-order chi connectivity index (χ1) is 9.38. The second kappa shape index (κ2) is 5.73. The Labute approximate surface area is 121 Å². The van der Waals surface area contributed by atoms with Gasteiger partial charge in [0.1, 0.15) is 5.82 Å². The van der Waals surface area contributed by atoms with E-state index in [0.717, 1.165) is 17.8 Å². The van der Waals surface area contributed by atoms with Crippen LogP contribution in [0.3, 0.4) is 0 Å². The molecule has 0 heterocycles. The zero-order valence-electron chi connectivity index (χ0n) is 10.5. The largest absolute Gasteiger partial charge is 0.282 e. The Morgan fingerprint density at radius 2 is 1.80 bits per heavy atom. The Balaban J connectivity index is 2.29. The van der Waals surface area contributed by atoms with Gasteiger partial charge in [-0.1, -0.05) is 35.4 Å². The SMILES string of the molecule is Cc1ccc(S(=O)(=O)/N=C/c2ccc(F)c(Cl)c2)cc1. The van der Waals surface area contributed by atoms with Gasteiger partial charge in [0, 0.05) is 6.21 Å². The van der Waals surface area contributed by atoms with Crippen molar-refractivity contribution in [2.75, 3.05) is 0 Å². The van der Waals surface area contributed by atoms with Crippen molar-refractivity contribution >= 4 is 27.8 Å². The van der Waals surface area contributed by atoms with E-state index in [2.05, 4.69) is 4.40 Å². The fraction of sp³-hybridized carbons (Fsp3) is 0.0714. The molecule has 2 rings (SSSR count). The smallest absolute Gasteiger partial charge is 0.205 e. The van der Waals surface area contributed by atoms with Gasteiger partial charge in [0.2, 0.25) is 0 Å². The van der Waals surface area contributed by atoms with E-state index in [-0.39, 0.29) is 9.92 Å². The summed E-state index contributed by atoms with van der Waals surface area (Å²) in [4.78, 5) is 0.104. The summed E-state index contributed by atoms with van der Waals surface area (Å²) in [5.41, 5.74) is 1.37. The maximum Gasteiger partial charge on any atom is 0.282 e. The molecule has 0 atom stereocenters. The van der Waals surface area contributed by atoms with Gasteiger partial charge in [-0.15, -0.1) is 0 Å². The van der Waals surface area contributed by atoms with Crippen molar-refractivity contribution in [1.82, 2.24) is 0 Å². The van der Waals surface area contributed by atoms with Gasteiger partial charge in [-0.3, -0.25) is 0 Å². The zero-order valence-corrected chi connectivity index (χ0v) is 12.1. The number of nitrogens with zero attached hydrogens (tertiary/aromatic N) is 1. The van der Waals surface area contributed by atoms with E-state index < -0.39 is 15.8 Å². The Morgan fingerprint density at radius 1 is 1.15 bits per heavy atom. The van der Waals surface area contributed by atoms with Crippen LogP contribution in [0.4, 0.5) is 4.39 Å². The number of hydrogen-bond donors (Lipinski definition) is 0. The fourth-order valence-electron chi connectivity index (χ4n) is 1.49. The van der Waals surface area contributed by atoms with E-state index in [1.54, 1.807) is 12.1 Å². The zero-order chi connectivity index (χ0) is 14.8. The predicted molar refractivity (Wildman–Crippen MR) is 77.4 cm³/mol. The molecule has 0 amide bonds. The van der Waals surface area contributed by atoms with Crippen LogP contribution in [-0.4, -0.2) is 14.6 Å². The summed E-state index contributed by atoms with van der Waals surface area (Å²) in [6.45, 7) is 1.86. The van der Waals surface area contributed by atoms with Crippen molar-refractivity contribution in [1.29, 1.82) is 0 Å². The lowest BCUT2D eigenvalue weighted by Gasteiger charge is -2.00. The molecule has 0 aromatic heterocycles. The number of rotatable bonds is 3. The minimum absolute atomic E-state index is 0.0818. The van der Waals surface area contributed by atoms with E-state index in [4.69, 9.17) is 11.6 Å². The molecule has 0 aliphatic heterocycles. The molecule has 6 heteroatoms. The van der Waals surface area contributed by atoms with Gasteiger partial charge in [-0.2, -0.15) is 12.8 Å². The molecule has 2 aromatic rings. The first kappa shape index (κ1) is 14.7. The van der Waals surface area contributed by atoms with Crippen LogP contribution in [0.25, 0.3) is 0 Å². The molecule has 0 radical (unpaired) electrons. The molecule has 0 fully saturated rings. The monoisotopic (exact) mass is 311 g/mol. The quantitative estimate of drug-likeness (QED) is 0.813. The van der Waals surface area contributed by atoms with Gasteiger partial charge in [0.15, 0.2) is 0 Å². The molecule has 0 spiro atoms. The highest BCUT2D eigenvalue weighted by Crippen LogP contribution is 2.16. The minimum atomic E-state index is -3.77. The number of aryl methyl sites for hydroxylation is 1. The summed E-state index contributed by atoms with van der Waals surface area (Å²) in [5.74, 6) is -0.565. The number of hydrogen-bond acceptors (Lipinski definition) is 2. The normalized spacial score (nSPS) is 11.9. The van der Waals surface area contributed by atoms with Crippen molar-refractivity contribution in [2.45, 2.75) is 11.8 Å². The summed E-state index contributed by atoms with van der Waals surface area (Å²) in [5, 5.41) is -0.0818. The van der Waals surface area contributed by atoms with E-state index in [1.165, 1.54) is 24.3 Å². The van der Waals surface area contributed by atoms with Gasteiger partial charge in [0.25, 0.3) is 10.0 Å². The Hall–Kier alpha value is -1.72. The highest BCUT2D eigenvalue weighted by atomic mass is 35.5. The minimum Gasteiger partial charge on any atom is -0.205 e. The second-order valence-electron chi connectivity index (χ2n) is 4.20. The van der Waals surface area contributed by atoms with Gasteiger partial charge in [-0.25, -0.2) is 4.39 Å². The molecule has 3 nitrogen and oxygen atoms in total. The highest BCUT2D eigenvalue weighted by Gasteiger charge is 2.11. The standard InChI is InChI=1S/C14H11ClFNO2S/c1-10-2-5-12(6-3-10)20(18,19)17-9-11-4-7-14(16)13(15)8-11/h2-9H,1H3/b17-9+. The van der Waals surface area contributed by atoms with Crippen LogP contribution in [0.2, 0.25) is 5.02 Å². The third kappa shape index (κ3) is 3.43. The average molecular weight is 312 g/mol. The third-order valence-electron chi connectivity index (χ3n) is 2.60. The number of sulfonamides is 1. The first-order valence-electron chi connectivity index (χ1n) is 5.70. The van der Waals surface area contributed by atoms with Gasteiger partial charge >= 0.3 is 0 Å². The van der Waals surface area contributed by atoms with E-state index in [9.17, 15) is 12.8 Å². The summed E-state index contributed by atoms with van der Waals surface area (Å²) >= 11 is 5.61. The topological polar surface area (TPSA) is 46.5 Å². The second-order valence-corrected chi connectivity index (χ2v) is 6.24. The van der Waals surface area contributed by atoms with Crippen molar-refractivity contribution < 1.29 is 12.8 Å². The molecule has 0 unspecified atom stereocenters. The van der Waals surface area contributed by atoms with E-state index in [1.807, 2.05) is 6.92 Å². The van der Waals surface area contributed by atoms with Crippen LogP contribution >= 0.6 is 11.6 Å². The van der Waals surface area contributed by atoms with Crippen molar-refractivity contribution in [2.24, 2.45) is 4.40 Å². The van der Waals surface area contributed by atoms with Gasteiger partial charge in [0.05, 0.1) is 9.92 Å². The number of benzene rings is 2. The van der Waals surface area contributed by atoms with Crippen molar-refractivity contribution in [3.8, 4) is 0 Å². The van der Waals surface area contributed by atoms with Gasteiger partial charge in [-0.05, 0) is 36.8 Å². The summed E-state index contributed by atoms with van der Waals surface area (Å²) in [6.07, 6.45) is 1.14. The molecule has 0 bridgehead atoms. The van der Waals surface area contributed by atoms with Gasteiger partial charge < -0.3 is 0 Å². The molecular formula is C14H11ClFNO2S. The third-order valence-corrected chi connectivity index (χ3v) is 4.14. The fourth-order valence-corrected chi connectivity index (χ4v) is 2.55. The van der Waals surface area contributed by atoms with Crippen LogP contribution in [0, 0.1) is 12.7 Å². The van der Waals surface area contributed by atoms with Crippen LogP contribution in [0.1, 0.15) is 11.1 Å². The van der Waals surface area contributed by atoms with E-state index in [0.29, 0.717) is 5.56 Å². The molecule has 0 saturated carbocycles. The molecule has 0 aliphatic carbocycles.